The number of hydrogen-bond donors (Lipinski definition) is 6. The van der Waals surface area contributed by atoms with Crippen molar-refractivity contribution in [2.75, 3.05) is 11.6 Å². The first-order chi connectivity index (χ1) is 16.3. The number of amides is 1. The van der Waals surface area contributed by atoms with E-state index in [4.69, 9.17) is 20.8 Å². The second-order valence-electron chi connectivity index (χ2n) is 7.09. The predicted octanol–water partition coefficient (Wildman–Crippen LogP) is 2.79. The molecule has 0 saturated heterocycles. The van der Waals surface area contributed by atoms with E-state index in [1.165, 1.54) is 12.1 Å². The average Bonchev–Trinajstić information content (AvgIpc) is 2.77. The molecule has 0 aromatic heterocycles. The lowest BCUT2D eigenvalue weighted by Gasteiger charge is -2.13. The van der Waals surface area contributed by atoms with Crippen LogP contribution in [0, 0.1) is 5.41 Å². The number of hydrogen-bond acceptors (Lipinski definition) is 6. The number of anilines is 1. The molecular weight excluding hydrogens is 478 g/mol. The van der Waals surface area contributed by atoms with Gasteiger partial charge in [-0.15, -0.1) is 0 Å². The molecule has 0 saturated carbocycles. The number of nitrogens with two attached hydrogens (primary N) is 1. The lowest BCUT2D eigenvalue weighted by atomic mass is 9.93. The molecule has 0 unspecified atom stereocenters. The van der Waals surface area contributed by atoms with Gasteiger partial charge in [-0.25, -0.2) is 9.59 Å². The Balaban J connectivity index is 0.000000784. The molecular formula is C23H21N3O8S. The molecule has 0 radical (unpaired) electrons. The molecule has 0 aliphatic carbocycles. The van der Waals surface area contributed by atoms with E-state index in [9.17, 15) is 27.9 Å². The highest BCUT2D eigenvalue weighted by Crippen LogP contribution is 2.29. The maximum absolute atomic E-state index is 12.9. The Morgan fingerprint density at radius 2 is 1.34 bits per heavy atom. The number of carbonyl (C=O) groups excluding carboxylic acids is 1. The normalized spacial score (nSPS) is 10.5. The molecule has 0 spiro atoms. The summed E-state index contributed by atoms with van der Waals surface area (Å²) in [7, 11) is -3.67. The van der Waals surface area contributed by atoms with Crippen LogP contribution in [-0.2, 0) is 10.1 Å². The number of carbonyl (C=O) groups is 3. The van der Waals surface area contributed by atoms with Crippen LogP contribution in [0.15, 0.2) is 66.7 Å². The van der Waals surface area contributed by atoms with Crippen molar-refractivity contribution in [3.05, 3.63) is 89.0 Å². The molecule has 12 heteroatoms. The highest BCUT2D eigenvalue weighted by molar-refractivity contribution is 7.85. The van der Waals surface area contributed by atoms with Gasteiger partial charge >= 0.3 is 11.9 Å². The molecule has 7 N–H and O–H groups in total. The van der Waals surface area contributed by atoms with Gasteiger partial charge in [-0.3, -0.25) is 14.8 Å². The molecule has 0 bridgehead atoms. The predicted molar refractivity (Wildman–Crippen MR) is 129 cm³/mol. The summed E-state index contributed by atoms with van der Waals surface area (Å²) in [5.74, 6) is -3.11. The zero-order valence-corrected chi connectivity index (χ0v) is 19.0. The van der Waals surface area contributed by atoms with E-state index in [0.717, 1.165) is 6.07 Å². The third-order valence-electron chi connectivity index (χ3n) is 4.41. The van der Waals surface area contributed by atoms with Gasteiger partial charge < -0.3 is 21.3 Å². The highest BCUT2D eigenvalue weighted by Gasteiger charge is 2.20. The van der Waals surface area contributed by atoms with E-state index >= 15 is 0 Å². The molecule has 0 heterocycles. The van der Waals surface area contributed by atoms with Crippen LogP contribution in [0.5, 0.6) is 0 Å². The van der Waals surface area contributed by atoms with Crippen molar-refractivity contribution < 1.29 is 37.6 Å². The lowest BCUT2D eigenvalue weighted by Crippen LogP contribution is -2.15. The van der Waals surface area contributed by atoms with Crippen LogP contribution >= 0.6 is 0 Å². The number of carboxylic acid groups (broad SMARTS) is 2. The summed E-state index contributed by atoms with van der Waals surface area (Å²) < 4.78 is 25.9. The van der Waals surface area contributed by atoms with E-state index in [1.807, 2.05) is 0 Å². The largest absolute Gasteiger partial charge is 0.478 e. The van der Waals surface area contributed by atoms with Crippen LogP contribution in [0.25, 0.3) is 11.1 Å². The number of amidine groups is 1. The monoisotopic (exact) mass is 499 g/mol. The molecule has 3 rings (SSSR count). The number of rotatable bonds is 6. The van der Waals surface area contributed by atoms with Crippen LogP contribution in [-0.4, -0.2) is 53.1 Å². The highest BCUT2D eigenvalue weighted by atomic mass is 32.2. The first-order valence-corrected chi connectivity index (χ1v) is 11.5. The van der Waals surface area contributed by atoms with Crippen molar-refractivity contribution in [1.29, 1.82) is 5.41 Å². The molecule has 35 heavy (non-hydrogen) atoms. The molecule has 0 atom stereocenters. The second kappa shape index (κ2) is 11.0. The van der Waals surface area contributed by atoms with E-state index in [0.29, 0.717) is 23.1 Å². The lowest BCUT2D eigenvalue weighted by molar-refractivity contribution is 0.0696. The van der Waals surface area contributed by atoms with Gasteiger partial charge in [0, 0.05) is 16.8 Å². The Kier molecular flexibility index (Phi) is 8.43. The Morgan fingerprint density at radius 1 is 0.829 bits per heavy atom. The Bertz CT molecular complexity index is 1390. The zero-order chi connectivity index (χ0) is 26.3. The van der Waals surface area contributed by atoms with Crippen molar-refractivity contribution >= 4 is 39.5 Å². The Hall–Kier alpha value is -4.55. The molecule has 0 aliphatic heterocycles. The van der Waals surface area contributed by atoms with Crippen LogP contribution in [0.2, 0.25) is 0 Å². The van der Waals surface area contributed by atoms with Crippen LogP contribution in [0.4, 0.5) is 5.69 Å². The number of aromatic carboxylic acids is 2. The van der Waals surface area contributed by atoms with Gasteiger partial charge in [-0.1, -0.05) is 24.3 Å². The Labute approximate surface area is 200 Å². The minimum atomic E-state index is -3.67. The third kappa shape index (κ3) is 7.77. The summed E-state index contributed by atoms with van der Waals surface area (Å²) >= 11 is 0. The molecule has 1 amide bonds. The van der Waals surface area contributed by atoms with Gasteiger partial charge in [0.2, 0.25) is 0 Å². The van der Waals surface area contributed by atoms with Crippen molar-refractivity contribution in [1.82, 2.24) is 0 Å². The molecule has 0 fully saturated rings. The molecule has 3 aromatic rings. The fourth-order valence-corrected chi connectivity index (χ4v) is 2.94. The van der Waals surface area contributed by atoms with E-state index in [1.54, 1.807) is 48.5 Å². The number of nitrogen functional groups attached to an aromatic ring is 1. The quantitative estimate of drug-likeness (QED) is 0.167. The minimum Gasteiger partial charge on any atom is -0.478 e. The summed E-state index contributed by atoms with van der Waals surface area (Å²) in [6, 6.07) is 16.6. The number of nitrogens with one attached hydrogen (secondary N) is 2. The summed E-state index contributed by atoms with van der Waals surface area (Å²) in [6.07, 6.45) is 0.715. The zero-order valence-electron chi connectivity index (χ0n) is 18.2. The van der Waals surface area contributed by atoms with Crippen molar-refractivity contribution in [3.8, 4) is 11.1 Å². The summed E-state index contributed by atoms with van der Waals surface area (Å²) in [6.45, 7) is 0. The van der Waals surface area contributed by atoms with E-state index in [-0.39, 0.29) is 28.1 Å². The smallest absolute Gasteiger partial charge is 0.336 e. The van der Waals surface area contributed by atoms with Crippen LogP contribution < -0.4 is 11.1 Å². The SMILES string of the molecule is CS(=O)(=O)O.N=C(N)c1ccc(NC(=O)c2ccccc2-c2ccc(C(=O)O)cc2C(=O)O)cc1. The van der Waals surface area contributed by atoms with Gasteiger partial charge in [-0.05, 0) is 53.6 Å². The summed E-state index contributed by atoms with van der Waals surface area (Å²) in [5, 5.41) is 28.8. The summed E-state index contributed by atoms with van der Waals surface area (Å²) in [4.78, 5) is 35.8. The van der Waals surface area contributed by atoms with Gasteiger partial charge in [0.15, 0.2) is 0 Å². The summed E-state index contributed by atoms with van der Waals surface area (Å²) in [5.41, 5.74) is 6.82. The van der Waals surface area contributed by atoms with Gasteiger partial charge in [-0.2, -0.15) is 8.42 Å². The minimum absolute atomic E-state index is 0.0933. The van der Waals surface area contributed by atoms with Crippen molar-refractivity contribution in [2.24, 2.45) is 5.73 Å². The standard InChI is InChI=1S/C22H17N3O5.CH4O3S/c23-19(24)12-5-8-14(9-6-12)25-20(26)17-4-2-1-3-15(17)16-10-7-13(21(27)28)11-18(16)22(29)30;1-5(2,3)4/h1-11H,(H3,23,24)(H,25,26)(H,27,28)(H,29,30);1H3,(H,2,3,4). The first-order valence-electron chi connectivity index (χ1n) is 9.66. The van der Waals surface area contributed by atoms with E-state index in [2.05, 4.69) is 5.32 Å². The van der Waals surface area contributed by atoms with Crippen molar-refractivity contribution in [3.63, 3.8) is 0 Å². The Morgan fingerprint density at radius 3 is 1.86 bits per heavy atom. The topological polar surface area (TPSA) is 208 Å². The van der Waals surface area contributed by atoms with Gasteiger partial charge in [0.05, 0.1) is 17.4 Å². The van der Waals surface area contributed by atoms with Crippen LogP contribution in [0.1, 0.15) is 36.6 Å². The molecule has 11 nitrogen and oxygen atoms in total. The fourth-order valence-electron chi connectivity index (χ4n) is 2.94. The van der Waals surface area contributed by atoms with E-state index < -0.39 is 28.0 Å². The third-order valence-corrected chi connectivity index (χ3v) is 4.41. The van der Waals surface area contributed by atoms with Gasteiger partial charge in [0.25, 0.3) is 16.0 Å². The number of benzene rings is 3. The molecule has 182 valence electrons. The fraction of sp³-hybridized carbons (Fsp3) is 0.0435. The second-order valence-corrected chi connectivity index (χ2v) is 8.56. The van der Waals surface area contributed by atoms with Gasteiger partial charge in [0.1, 0.15) is 5.84 Å². The maximum atomic E-state index is 12.9. The maximum Gasteiger partial charge on any atom is 0.336 e. The molecule has 3 aromatic carbocycles. The van der Waals surface area contributed by atoms with Crippen LogP contribution in [0.3, 0.4) is 0 Å². The first kappa shape index (κ1) is 26.7. The average molecular weight is 500 g/mol. The number of carboxylic acids is 2. The molecule has 0 aliphatic rings. The van der Waals surface area contributed by atoms with Crippen molar-refractivity contribution in [2.45, 2.75) is 0 Å².